The Balaban J connectivity index is 2.26. The second kappa shape index (κ2) is 5.83. The number of halogens is 2. The zero-order valence-corrected chi connectivity index (χ0v) is 13.4. The number of hydrogen-bond acceptors (Lipinski definition) is 4. The molecule has 1 atom stereocenters. The highest BCUT2D eigenvalue weighted by Gasteiger charge is 2.23. The van der Waals surface area contributed by atoms with Gasteiger partial charge in [-0.25, -0.2) is 4.79 Å². The average molecular weight is 331 g/mol. The van der Waals surface area contributed by atoms with Gasteiger partial charge < -0.3 is 9.52 Å². The summed E-state index contributed by atoms with van der Waals surface area (Å²) in [6, 6.07) is 4.77. The van der Waals surface area contributed by atoms with E-state index in [4.69, 9.17) is 27.6 Å². The first kappa shape index (κ1) is 16.1. The van der Waals surface area contributed by atoms with E-state index in [1.807, 2.05) is 20.8 Å². The molecule has 0 radical (unpaired) electrons. The highest BCUT2D eigenvalue weighted by atomic mass is 35.5. The molecule has 0 fully saturated rings. The Hall–Kier alpha value is -1.30. The molecule has 0 aliphatic rings. The van der Waals surface area contributed by atoms with Crippen LogP contribution in [0.1, 0.15) is 38.3 Å². The van der Waals surface area contributed by atoms with Gasteiger partial charge in [0.05, 0.1) is 6.54 Å². The second-order valence-electron chi connectivity index (χ2n) is 5.79. The van der Waals surface area contributed by atoms with Crippen LogP contribution in [0.4, 0.5) is 0 Å². The van der Waals surface area contributed by atoms with Crippen LogP contribution in [-0.2, 0) is 12.0 Å². The quantitative estimate of drug-likeness (QED) is 0.938. The smallest absolute Gasteiger partial charge is 0.392 e. The number of benzene rings is 1. The van der Waals surface area contributed by atoms with E-state index in [-0.39, 0.29) is 12.0 Å². The fraction of sp³-hybridized carbons (Fsp3) is 0.429. The SMILES string of the molecule is CC(C)(C)c1nn(CC(O)c2ccc(Cl)cc2Cl)c(=O)o1. The summed E-state index contributed by atoms with van der Waals surface area (Å²) in [6.07, 6.45) is -0.981. The summed E-state index contributed by atoms with van der Waals surface area (Å²) in [5.74, 6) is -0.286. The van der Waals surface area contributed by atoms with Crippen LogP contribution in [0.3, 0.4) is 0 Å². The minimum atomic E-state index is -0.981. The van der Waals surface area contributed by atoms with Gasteiger partial charge in [0.1, 0.15) is 6.10 Å². The molecule has 7 heteroatoms. The predicted octanol–water partition coefficient (Wildman–Crippen LogP) is 3.17. The minimum Gasteiger partial charge on any atom is -0.392 e. The second-order valence-corrected chi connectivity index (χ2v) is 6.63. The third-order valence-corrected chi connectivity index (χ3v) is 3.48. The zero-order chi connectivity index (χ0) is 15.8. The average Bonchev–Trinajstić information content (AvgIpc) is 2.70. The molecule has 0 aliphatic carbocycles. The van der Waals surface area contributed by atoms with Crippen molar-refractivity contribution >= 4 is 23.2 Å². The Bertz CT molecular complexity index is 701. The fourth-order valence-corrected chi connectivity index (χ4v) is 2.29. The molecule has 0 bridgehead atoms. The Kier molecular flexibility index (Phi) is 4.46. The molecule has 1 aromatic heterocycles. The zero-order valence-electron chi connectivity index (χ0n) is 11.9. The van der Waals surface area contributed by atoms with Crippen molar-refractivity contribution in [2.75, 3.05) is 0 Å². The number of aromatic nitrogens is 2. The van der Waals surface area contributed by atoms with Gasteiger partial charge in [0, 0.05) is 21.0 Å². The van der Waals surface area contributed by atoms with E-state index < -0.39 is 11.9 Å². The van der Waals surface area contributed by atoms with Crippen LogP contribution >= 0.6 is 23.2 Å². The standard InChI is InChI=1S/C14H16Cl2N2O3/c1-14(2,3)12-17-18(13(20)21-12)7-11(19)9-5-4-8(15)6-10(9)16/h4-6,11,19H,7H2,1-3H3. The lowest BCUT2D eigenvalue weighted by Crippen LogP contribution is -2.21. The van der Waals surface area contributed by atoms with Crippen LogP contribution in [0.25, 0.3) is 0 Å². The first-order valence-electron chi connectivity index (χ1n) is 6.40. The summed E-state index contributed by atoms with van der Waals surface area (Å²) in [5.41, 5.74) is 0.0982. The lowest BCUT2D eigenvalue weighted by atomic mass is 9.97. The van der Waals surface area contributed by atoms with Crippen molar-refractivity contribution < 1.29 is 9.52 Å². The minimum absolute atomic E-state index is 0.0419. The monoisotopic (exact) mass is 330 g/mol. The molecule has 1 heterocycles. The van der Waals surface area contributed by atoms with Crippen LogP contribution in [0.15, 0.2) is 27.4 Å². The molecular formula is C14H16Cl2N2O3. The van der Waals surface area contributed by atoms with Crippen LogP contribution in [0, 0.1) is 0 Å². The third kappa shape index (κ3) is 3.67. The fourth-order valence-electron chi connectivity index (χ4n) is 1.76. The van der Waals surface area contributed by atoms with Gasteiger partial charge in [0.15, 0.2) is 0 Å². The van der Waals surface area contributed by atoms with E-state index in [0.717, 1.165) is 4.68 Å². The highest BCUT2D eigenvalue weighted by molar-refractivity contribution is 6.35. The van der Waals surface area contributed by atoms with Crippen molar-refractivity contribution in [1.82, 2.24) is 9.78 Å². The summed E-state index contributed by atoms with van der Waals surface area (Å²) in [4.78, 5) is 11.8. The van der Waals surface area contributed by atoms with Gasteiger partial charge in [-0.2, -0.15) is 4.68 Å². The van der Waals surface area contributed by atoms with E-state index in [1.165, 1.54) is 6.07 Å². The van der Waals surface area contributed by atoms with Crippen LogP contribution in [0.5, 0.6) is 0 Å². The van der Waals surface area contributed by atoms with Gasteiger partial charge in [-0.05, 0) is 12.1 Å². The van der Waals surface area contributed by atoms with Gasteiger partial charge in [0.2, 0.25) is 5.89 Å². The van der Waals surface area contributed by atoms with Crippen molar-refractivity contribution in [2.24, 2.45) is 0 Å². The summed E-state index contributed by atoms with van der Waals surface area (Å²) >= 11 is 11.8. The number of nitrogens with zero attached hydrogens (tertiary/aromatic N) is 2. The Morgan fingerprint density at radius 3 is 2.57 bits per heavy atom. The van der Waals surface area contributed by atoms with Crippen molar-refractivity contribution in [3.8, 4) is 0 Å². The van der Waals surface area contributed by atoms with Gasteiger partial charge >= 0.3 is 5.76 Å². The highest BCUT2D eigenvalue weighted by Crippen LogP contribution is 2.27. The summed E-state index contributed by atoms with van der Waals surface area (Å²) < 4.78 is 6.19. The third-order valence-electron chi connectivity index (χ3n) is 2.92. The maximum atomic E-state index is 11.8. The van der Waals surface area contributed by atoms with Crippen molar-refractivity contribution in [2.45, 2.75) is 38.8 Å². The first-order valence-corrected chi connectivity index (χ1v) is 7.15. The molecule has 0 amide bonds. The lowest BCUT2D eigenvalue weighted by molar-refractivity contribution is 0.148. The number of aliphatic hydroxyl groups excluding tert-OH is 1. The van der Waals surface area contributed by atoms with E-state index in [9.17, 15) is 9.90 Å². The molecule has 21 heavy (non-hydrogen) atoms. The molecule has 1 unspecified atom stereocenters. The molecule has 0 spiro atoms. The largest absolute Gasteiger partial charge is 0.437 e. The summed E-state index contributed by atoms with van der Waals surface area (Å²) in [5, 5.41) is 15.1. The topological polar surface area (TPSA) is 68.3 Å². The van der Waals surface area contributed by atoms with Gasteiger partial charge in [0.25, 0.3) is 0 Å². The Morgan fingerprint density at radius 2 is 2.05 bits per heavy atom. The van der Waals surface area contributed by atoms with Gasteiger partial charge in [-0.3, -0.25) is 0 Å². The molecule has 0 saturated heterocycles. The van der Waals surface area contributed by atoms with Crippen LogP contribution in [0.2, 0.25) is 10.0 Å². The number of rotatable bonds is 3. The lowest BCUT2D eigenvalue weighted by Gasteiger charge is -2.13. The Labute approximate surface area is 132 Å². The maximum Gasteiger partial charge on any atom is 0.437 e. The van der Waals surface area contributed by atoms with Gasteiger partial charge in [-0.15, -0.1) is 5.10 Å². The van der Waals surface area contributed by atoms with Crippen LogP contribution < -0.4 is 5.76 Å². The van der Waals surface area contributed by atoms with Crippen molar-refractivity contribution in [1.29, 1.82) is 0 Å². The normalized spacial score (nSPS) is 13.4. The Morgan fingerprint density at radius 1 is 1.38 bits per heavy atom. The first-order chi connectivity index (χ1) is 9.68. The van der Waals surface area contributed by atoms with Gasteiger partial charge in [-0.1, -0.05) is 50.0 Å². The molecule has 1 N–H and O–H groups in total. The number of hydrogen-bond donors (Lipinski definition) is 1. The van der Waals surface area contributed by atoms with E-state index >= 15 is 0 Å². The molecule has 0 aliphatic heterocycles. The van der Waals surface area contributed by atoms with E-state index in [1.54, 1.807) is 12.1 Å². The molecule has 2 rings (SSSR count). The molecular weight excluding hydrogens is 315 g/mol. The molecule has 114 valence electrons. The molecule has 1 aromatic carbocycles. The van der Waals surface area contributed by atoms with Crippen LogP contribution in [-0.4, -0.2) is 14.9 Å². The van der Waals surface area contributed by atoms with E-state index in [2.05, 4.69) is 5.10 Å². The summed E-state index contributed by atoms with van der Waals surface area (Å²) in [7, 11) is 0. The predicted molar refractivity (Wildman–Crippen MR) is 80.9 cm³/mol. The maximum absolute atomic E-state index is 11.8. The van der Waals surface area contributed by atoms with E-state index in [0.29, 0.717) is 21.5 Å². The molecule has 5 nitrogen and oxygen atoms in total. The molecule has 2 aromatic rings. The molecule has 0 saturated carbocycles. The van der Waals surface area contributed by atoms with Crippen molar-refractivity contribution in [3.05, 3.63) is 50.2 Å². The number of aliphatic hydroxyl groups is 1. The van der Waals surface area contributed by atoms with Crippen molar-refractivity contribution in [3.63, 3.8) is 0 Å². The summed E-state index contributed by atoms with van der Waals surface area (Å²) in [6.45, 7) is 5.61.